The average molecular weight is 656 g/mol. The van der Waals surface area contributed by atoms with E-state index in [0.717, 1.165) is 19.8 Å². The molecule has 3 rings (SSSR count). The van der Waals surface area contributed by atoms with Crippen molar-refractivity contribution in [3.05, 3.63) is 0 Å². The van der Waals surface area contributed by atoms with Crippen LogP contribution in [0.25, 0.3) is 0 Å². The summed E-state index contributed by atoms with van der Waals surface area (Å²) in [5, 5.41) is 79.0. The molecular formula is C27H49N3O15. The van der Waals surface area contributed by atoms with E-state index in [-0.39, 0.29) is 6.61 Å². The van der Waals surface area contributed by atoms with Crippen molar-refractivity contribution < 1.29 is 73.8 Å². The smallest absolute Gasteiger partial charge is 0.217 e. The molecule has 3 saturated heterocycles. The zero-order valence-corrected chi connectivity index (χ0v) is 25.6. The zero-order valence-electron chi connectivity index (χ0n) is 25.6. The summed E-state index contributed by atoms with van der Waals surface area (Å²) in [4.78, 5) is 24.2. The van der Waals surface area contributed by atoms with Crippen molar-refractivity contribution in [3.8, 4) is 0 Å². The van der Waals surface area contributed by atoms with Crippen LogP contribution in [0.5, 0.6) is 0 Å². The Kier molecular flexibility index (Phi) is 14.7. The van der Waals surface area contributed by atoms with Crippen molar-refractivity contribution in [2.75, 3.05) is 26.4 Å². The van der Waals surface area contributed by atoms with Gasteiger partial charge < -0.3 is 80.5 Å². The summed E-state index contributed by atoms with van der Waals surface area (Å²) >= 11 is 0. The molecule has 0 unspecified atom stereocenters. The van der Waals surface area contributed by atoms with Crippen LogP contribution in [-0.2, 0) is 38.0 Å². The van der Waals surface area contributed by atoms with E-state index in [1.165, 1.54) is 13.8 Å². The molecule has 0 aromatic heterocycles. The molecule has 0 spiro atoms. The quantitative estimate of drug-likeness (QED) is 0.0783. The molecule has 0 saturated carbocycles. The van der Waals surface area contributed by atoms with Gasteiger partial charge in [-0.1, -0.05) is 0 Å². The highest BCUT2D eigenvalue weighted by atomic mass is 16.7. The number of nitrogens with one attached hydrogen (secondary N) is 2. The number of rotatable bonds is 14. The van der Waals surface area contributed by atoms with Gasteiger partial charge in [-0.05, 0) is 32.7 Å². The van der Waals surface area contributed by atoms with E-state index in [1.54, 1.807) is 0 Å². The van der Waals surface area contributed by atoms with Crippen LogP contribution in [0.15, 0.2) is 0 Å². The molecular weight excluding hydrogens is 606 g/mol. The Morgan fingerprint density at radius 2 is 1.27 bits per heavy atom. The summed E-state index contributed by atoms with van der Waals surface area (Å²) in [5.41, 5.74) is 5.49. The molecule has 3 aliphatic rings. The Morgan fingerprint density at radius 1 is 0.689 bits per heavy atom. The minimum Gasteiger partial charge on any atom is -0.394 e. The highest BCUT2D eigenvalue weighted by Gasteiger charge is 2.54. The van der Waals surface area contributed by atoms with Gasteiger partial charge in [-0.3, -0.25) is 9.59 Å². The molecule has 3 aliphatic heterocycles. The first-order valence-electron chi connectivity index (χ1n) is 15.1. The van der Waals surface area contributed by atoms with Gasteiger partial charge in [0.2, 0.25) is 11.8 Å². The Balaban J connectivity index is 1.85. The maximum absolute atomic E-state index is 12.3. The van der Waals surface area contributed by atoms with E-state index in [0.29, 0.717) is 13.0 Å². The lowest BCUT2D eigenvalue weighted by Gasteiger charge is -2.49. The third-order valence-electron chi connectivity index (χ3n) is 7.97. The van der Waals surface area contributed by atoms with Gasteiger partial charge in [0.25, 0.3) is 0 Å². The summed E-state index contributed by atoms with van der Waals surface area (Å²) < 4.78 is 34.7. The molecule has 3 heterocycles. The van der Waals surface area contributed by atoms with Crippen molar-refractivity contribution in [2.45, 2.75) is 132 Å². The molecule has 0 bridgehead atoms. The summed E-state index contributed by atoms with van der Waals surface area (Å²) in [6, 6.07) is -2.70. The largest absolute Gasteiger partial charge is 0.394 e. The number of carbonyl (C=O) groups is 2. The minimum absolute atomic E-state index is 0.191. The molecule has 0 aliphatic carbocycles. The second kappa shape index (κ2) is 17.5. The summed E-state index contributed by atoms with van der Waals surface area (Å²) in [6.45, 7) is 3.04. The Morgan fingerprint density at radius 3 is 1.87 bits per heavy atom. The standard InChI is InChI=1S/C27H49N3O15/c1-11-18(35)20(37)16(29-12(2)33)25(41-11)45-24-17(30-13(3)34)26(42-14(9-31)19(24)36)44-23-15(10-32)43-27(22(39)21(23)38)40-8-6-4-5-7-28/h11,14-27,31-32,35-39H,4-10,28H2,1-3H3,(H,29,33)(H,30,34)/t11-,14+,15+,16-,17+,18+,19-,20-,21+,22+,23-,24+,25-,26+,27-/m0/s1. The van der Waals surface area contributed by atoms with E-state index < -0.39 is 117 Å². The number of aliphatic hydroxyl groups is 7. The van der Waals surface area contributed by atoms with Gasteiger partial charge in [-0.15, -0.1) is 0 Å². The highest BCUT2D eigenvalue weighted by molar-refractivity contribution is 5.73. The van der Waals surface area contributed by atoms with Gasteiger partial charge in [0.1, 0.15) is 67.0 Å². The second-order valence-electron chi connectivity index (χ2n) is 11.5. The van der Waals surface area contributed by atoms with Crippen molar-refractivity contribution in [1.29, 1.82) is 0 Å². The first-order chi connectivity index (χ1) is 21.3. The maximum Gasteiger partial charge on any atom is 0.217 e. The van der Waals surface area contributed by atoms with Crippen molar-refractivity contribution in [1.82, 2.24) is 10.6 Å². The monoisotopic (exact) mass is 655 g/mol. The predicted molar refractivity (Wildman–Crippen MR) is 150 cm³/mol. The number of hydrogen-bond donors (Lipinski definition) is 10. The van der Waals surface area contributed by atoms with E-state index in [2.05, 4.69) is 10.6 Å². The fourth-order valence-corrected chi connectivity index (χ4v) is 5.56. The first-order valence-corrected chi connectivity index (χ1v) is 15.1. The van der Waals surface area contributed by atoms with E-state index >= 15 is 0 Å². The third kappa shape index (κ3) is 9.48. The van der Waals surface area contributed by atoms with Crippen LogP contribution >= 0.6 is 0 Å². The molecule has 0 aromatic rings. The molecule has 15 atom stereocenters. The van der Waals surface area contributed by atoms with Gasteiger partial charge in [-0.25, -0.2) is 0 Å². The lowest BCUT2D eigenvalue weighted by atomic mass is 9.94. The van der Waals surface area contributed by atoms with Crippen molar-refractivity contribution >= 4 is 11.8 Å². The number of aliphatic hydroxyl groups excluding tert-OH is 7. The molecule has 45 heavy (non-hydrogen) atoms. The van der Waals surface area contributed by atoms with Crippen molar-refractivity contribution in [3.63, 3.8) is 0 Å². The topological polar surface area (TPSA) is 281 Å². The summed E-state index contributed by atoms with van der Waals surface area (Å²) in [7, 11) is 0. The Hall–Kier alpha value is -1.62. The minimum atomic E-state index is -1.69. The van der Waals surface area contributed by atoms with E-state index in [4.69, 9.17) is 34.2 Å². The third-order valence-corrected chi connectivity index (χ3v) is 7.97. The molecule has 18 heteroatoms. The Bertz CT molecular complexity index is 934. The fourth-order valence-electron chi connectivity index (χ4n) is 5.56. The predicted octanol–water partition coefficient (Wildman–Crippen LogP) is -5.10. The number of ether oxygens (including phenoxy) is 6. The lowest BCUT2D eigenvalue weighted by molar-refractivity contribution is -0.359. The maximum atomic E-state index is 12.3. The van der Waals surface area contributed by atoms with Crippen LogP contribution in [0.3, 0.4) is 0 Å². The molecule has 2 amide bonds. The first kappa shape index (κ1) is 37.8. The molecule has 18 nitrogen and oxygen atoms in total. The molecule has 0 aromatic carbocycles. The zero-order chi connectivity index (χ0) is 33.4. The second-order valence-corrected chi connectivity index (χ2v) is 11.5. The fraction of sp³-hybridized carbons (Fsp3) is 0.926. The number of unbranched alkanes of at least 4 members (excludes halogenated alkanes) is 2. The number of amides is 2. The number of nitrogens with two attached hydrogens (primary N) is 1. The SMILES string of the molecule is CC(=O)N[C@@H]1[C@H](O[C@H]2[C@@H](O)[C@@H](CO)O[C@H](O[C@@H]3[C@H](O)[C@@H](O)[C@@H](OCCCCCN)O[C@@H]3CO)[C@@H]2NC(C)=O)O[C@@H](C)[C@@H](O)[C@H]1O. The molecule has 0 radical (unpaired) electrons. The van der Waals surface area contributed by atoms with Crippen LogP contribution in [0.2, 0.25) is 0 Å². The van der Waals surface area contributed by atoms with Crippen molar-refractivity contribution in [2.24, 2.45) is 5.73 Å². The van der Waals surface area contributed by atoms with Gasteiger partial charge in [0.05, 0.1) is 19.3 Å². The average Bonchev–Trinajstić information content (AvgIpc) is 2.99. The van der Waals surface area contributed by atoms with Gasteiger partial charge in [0.15, 0.2) is 18.9 Å². The number of hydrogen-bond acceptors (Lipinski definition) is 16. The van der Waals surface area contributed by atoms with E-state index in [9.17, 15) is 45.3 Å². The van der Waals surface area contributed by atoms with Crippen LogP contribution in [-0.4, -0.2) is 166 Å². The highest BCUT2D eigenvalue weighted by Crippen LogP contribution is 2.33. The summed E-state index contributed by atoms with van der Waals surface area (Å²) in [6.07, 6.45) is -16.7. The van der Waals surface area contributed by atoms with E-state index in [1.807, 2.05) is 0 Å². The molecule has 262 valence electrons. The normalized spacial score (nSPS) is 42.2. The number of carbonyl (C=O) groups excluding carboxylic acids is 2. The van der Waals surface area contributed by atoms with Crippen LogP contribution < -0.4 is 16.4 Å². The van der Waals surface area contributed by atoms with Crippen LogP contribution in [0.1, 0.15) is 40.0 Å². The Labute approximate surface area is 260 Å². The van der Waals surface area contributed by atoms with Gasteiger partial charge >= 0.3 is 0 Å². The van der Waals surface area contributed by atoms with Gasteiger partial charge in [0, 0.05) is 20.5 Å². The molecule has 11 N–H and O–H groups in total. The van der Waals surface area contributed by atoms with Crippen LogP contribution in [0, 0.1) is 0 Å². The lowest BCUT2D eigenvalue weighted by Crippen LogP contribution is -2.70. The van der Waals surface area contributed by atoms with Gasteiger partial charge in [-0.2, -0.15) is 0 Å². The van der Waals surface area contributed by atoms with Crippen LogP contribution in [0.4, 0.5) is 0 Å². The summed E-state index contributed by atoms with van der Waals surface area (Å²) in [5.74, 6) is -1.22. The molecule has 3 fully saturated rings.